The van der Waals surface area contributed by atoms with E-state index in [4.69, 9.17) is 14.6 Å². The lowest BCUT2D eigenvalue weighted by molar-refractivity contribution is -0.166. The lowest BCUT2D eigenvalue weighted by Crippen LogP contribution is -2.63. The number of amides is 1. The Balaban J connectivity index is 2.20. The topological polar surface area (TPSA) is 88.1 Å². The number of methoxy groups -OCH3 is 1. The number of carbonyl (C=O) groups excluding carboxylic acids is 1. The van der Waals surface area contributed by atoms with Gasteiger partial charge in [-0.2, -0.15) is 0 Å². The molecule has 0 saturated carbocycles. The van der Waals surface area contributed by atoms with E-state index in [1.807, 2.05) is 18.7 Å². The minimum absolute atomic E-state index is 0.0200. The summed E-state index contributed by atoms with van der Waals surface area (Å²) >= 11 is 0. The summed E-state index contributed by atoms with van der Waals surface area (Å²) in [7, 11) is 1.59. The number of carbonyl (C=O) groups is 2. The van der Waals surface area contributed by atoms with Crippen molar-refractivity contribution in [1.29, 1.82) is 0 Å². The summed E-state index contributed by atoms with van der Waals surface area (Å²) in [6.07, 6.45) is 0. The highest BCUT2D eigenvalue weighted by Crippen LogP contribution is 2.23. The van der Waals surface area contributed by atoms with Gasteiger partial charge in [-0.1, -0.05) is 0 Å². The average Bonchev–Trinajstić information content (AvgIpc) is 2.24. The summed E-state index contributed by atoms with van der Waals surface area (Å²) in [6, 6.07) is -0.0200. The maximum atomic E-state index is 11.7. The van der Waals surface area contributed by atoms with Crippen LogP contribution in [0.25, 0.3) is 0 Å². The number of aliphatic carboxylic acids is 1. The highest BCUT2D eigenvalue weighted by Gasteiger charge is 2.40. The van der Waals surface area contributed by atoms with E-state index in [0.29, 0.717) is 26.2 Å². The molecule has 1 aliphatic heterocycles. The van der Waals surface area contributed by atoms with E-state index < -0.39 is 11.6 Å². The standard InChI is InChI=1S/C12H22N2O5/c1-9(5-18-3)13-10(15)4-14-7-12(2,8-14)19-6-11(16)17/h9H,4-8H2,1-3H3,(H,13,15)(H,16,17). The Kier molecular flexibility index (Phi) is 5.71. The number of carboxylic acid groups (broad SMARTS) is 1. The summed E-state index contributed by atoms with van der Waals surface area (Å²) in [5, 5.41) is 11.4. The predicted octanol–water partition coefficient (Wildman–Crippen LogP) is -0.687. The van der Waals surface area contributed by atoms with E-state index >= 15 is 0 Å². The number of rotatable bonds is 8. The van der Waals surface area contributed by atoms with Crippen LogP contribution in [-0.4, -0.2) is 73.5 Å². The average molecular weight is 274 g/mol. The van der Waals surface area contributed by atoms with Crippen LogP contribution in [0.15, 0.2) is 0 Å². The summed E-state index contributed by atoms with van der Waals surface area (Å²) in [6.45, 7) is 5.31. The van der Waals surface area contributed by atoms with Crippen LogP contribution >= 0.6 is 0 Å². The Morgan fingerprint density at radius 1 is 1.47 bits per heavy atom. The van der Waals surface area contributed by atoms with Crippen LogP contribution in [0.2, 0.25) is 0 Å². The maximum Gasteiger partial charge on any atom is 0.329 e. The number of ether oxygens (including phenoxy) is 2. The van der Waals surface area contributed by atoms with Gasteiger partial charge in [0.25, 0.3) is 0 Å². The van der Waals surface area contributed by atoms with Crippen molar-refractivity contribution >= 4 is 11.9 Å². The molecular formula is C12H22N2O5. The fourth-order valence-electron chi connectivity index (χ4n) is 2.15. The maximum absolute atomic E-state index is 11.7. The molecule has 0 aliphatic carbocycles. The van der Waals surface area contributed by atoms with Gasteiger partial charge in [-0.25, -0.2) is 4.79 Å². The van der Waals surface area contributed by atoms with Crippen molar-refractivity contribution in [3.05, 3.63) is 0 Å². The number of carboxylic acids is 1. The summed E-state index contributed by atoms with van der Waals surface area (Å²) in [5.41, 5.74) is -0.461. The van der Waals surface area contributed by atoms with Crippen molar-refractivity contribution in [2.45, 2.75) is 25.5 Å². The largest absolute Gasteiger partial charge is 0.480 e. The van der Waals surface area contributed by atoms with Crippen molar-refractivity contribution in [2.75, 3.05) is 40.0 Å². The lowest BCUT2D eigenvalue weighted by Gasteiger charge is -2.47. The Morgan fingerprint density at radius 2 is 2.11 bits per heavy atom. The van der Waals surface area contributed by atoms with Gasteiger partial charge < -0.3 is 19.9 Å². The first-order valence-electron chi connectivity index (χ1n) is 6.21. The molecule has 0 radical (unpaired) electrons. The zero-order chi connectivity index (χ0) is 14.5. The minimum atomic E-state index is -0.981. The van der Waals surface area contributed by atoms with Crippen LogP contribution in [0, 0.1) is 0 Å². The number of hydrogen-bond acceptors (Lipinski definition) is 5. The third-order valence-corrected chi connectivity index (χ3v) is 2.85. The fraction of sp³-hybridized carbons (Fsp3) is 0.833. The van der Waals surface area contributed by atoms with Gasteiger partial charge in [0.05, 0.1) is 18.8 Å². The Morgan fingerprint density at radius 3 is 2.63 bits per heavy atom. The number of nitrogens with one attached hydrogen (secondary N) is 1. The lowest BCUT2D eigenvalue weighted by atomic mass is 9.96. The third-order valence-electron chi connectivity index (χ3n) is 2.85. The molecule has 1 rings (SSSR count). The zero-order valence-electron chi connectivity index (χ0n) is 11.6. The van der Waals surface area contributed by atoms with Gasteiger partial charge >= 0.3 is 5.97 Å². The smallest absolute Gasteiger partial charge is 0.329 e. The Labute approximate surface area is 112 Å². The van der Waals surface area contributed by atoms with Crippen molar-refractivity contribution in [1.82, 2.24) is 10.2 Å². The first kappa shape index (κ1) is 15.9. The van der Waals surface area contributed by atoms with Gasteiger partial charge in [0.1, 0.15) is 6.61 Å². The Hall–Kier alpha value is -1.18. The van der Waals surface area contributed by atoms with Crippen LogP contribution in [0.5, 0.6) is 0 Å². The van der Waals surface area contributed by atoms with Gasteiger partial charge in [-0.3, -0.25) is 9.69 Å². The molecule has 1 heterocycles. The van der Waals surface area contributed by atoms with Crippen LogP contribution in [0.4, 0.5) is 0 Å². The predicted molar refractivity (Wildman–Crippen MR) is 67.9 cm³/mol. The molecule has 0 spiro atoms. The van der Waals surface area contributed by atoms with Crippen LogP contribution < -0.4 is 5.32 Å². The molecule has 1 unspecified atom stereocenters. The van der Waals surface area contributed by atoms with Gasteiger partial charge in [0.15, 0.2) is 0 Å². The molecule has 2 N–H and O–H groups in total. The monoisotopic (exact) mass is 274 g/mol. The molecule has 1 atom stereocenters. The normalized spacial score (nSPS) is 19.5. The highest BCUT2D eigenvalue weighted by molar-refractivity contribution is 5.78. The minimum Gasteiger partial charge on any atom is -0.480 e. The second-order valence-electron chi connectivity index (χ2n) is 5.20. The molecule has 0 aromatic rings. The SMILES string of the molecule is COCC(C)NC(=O)CN1CC(C)(OCC(=O)O)C1. The summed E-state index contributed by atoms with van der Waals surface area (Å²) in [5.74, 6) is -1.05. The van der Waals surface area contributed by atoms with E-state index in [0.717, 1.165) is 0 Å². The third kappa shape index (κ3) is 5.54. The first-order valence-corrected chi connectivity index (χ1v) is 6.21. The van der Waals surface area contributed by atoms with Gasteiger partial charge in [0, 0.05) is 26.2 Å². The van der Waals surface area contributed by atoms with Crippen LogP contribution in [-0.2, 0) is 19.1 Å². The van der Waals surface area contributed by atoms with Crippen LogP contribution in [0.1, 0.15) is 13.8 Å². The van der Waals surface area contributed by atoms with Gasteiger partial charge in [-0.05, 0) is 13.8 Å². The molecule has 1 aliphatic rings. The molecule has 1 saturated heterocycles. The second-order valence-corrected chi connectivity index (χ2v) is 5.20. The van der Waals surface area contributed by atoms with E-state index in [9.17, 15) is 9.59 Å². The number of hydrogen-bond donors (Lipinski definition) is 2. The molecule has 0 aromatic carbocycles. The first-order chi connectivity index (χ1) is 8.84. The van der Waals surface area contributed by atoms with Crippen LogP contribution in [0.3, 0.4) is 0 Å². The highest BCUT2D eigenvalue weighted by atomic mass is 16.5. The molecule has 0 aromatic heterocycles. The Bertz CT molecular complexity index is 328. The van der Waals surface area contributed by atoms with E-state index in [1.165, 1.54) is 0 Å². The molecule has 110 valence electrons. The molecule has 7 heteroatoms. The van der Waals surface area contributed by atoms with Crippen molar-refractivity contribution in [3.63, 3.8) is 0 Å². The summed E-state index contributed by atoms with van der Waals surface area (Å²) < 4.78 is 10.2. The van der Waals surface area contributed by atoms with Gasteiger partial charge in [0.2, 0.25) is 5.91 Å². The number of nitrogens with zero attached hydrogens (tertiary/aromatic N) is 1. The van der Waals surface area contributed by atoms with Crippen molar-refractivity contribution in [2.24, 2.45) is 0 Å². The van der Waals surface area contributed by atoms with Crippen molar-refractivity contribution < 1.29 is 24.2 Å². The quantitative estimate of drug-likeness (QED) is 0.609. The molecule has 0 bridgehead atoms. The molecule has 19 heavy (non-hydrogen) atoms. The second kappa shape index (κ2) is 6.83. The zero-order valence-corrected chi connectivity index (χ0v) is 11.6. The van der Waals surface area contributed by atoms with E-state index in [2.05, 4.69) is 5.32 Å². The fourth-order valence-corrected chi connectivity index (χ4v) is 2.15. The van der Waals surface area contributed by atoms with Crippen molar-refractivity contribution in [3.8, 4) is 0 Å². The number of likely N-dealkylation sites (tertiary alicyclic amines) is 1. The van der Waals surface area contributed by atoms with Gasteiger partial charge in [-0.15, -0.1) is 0 Å². The molecular weight excluding hydrogens is 252 g/mol. The van der Waals surface area contributed by atoms with E-state index in [-0.39, 0.29) is 18.6 Å². The summed E-state index contributed by atoms with van der Waals surface area (Å²) in [4.78, 5) is 24.0. The molecule has 7 nitrogen and oxygen atoms in total. The molecule has 1 amide bonds. The molecule has 1 fully saturated rings. The van der Waals surface area contributed by atoms with E-state index in [1.54, 1.807) is 7.11 Å².